The van der Waals surface area contributed by atoms with Gasteiger partial charge in [-0.2, -0.15) is 5.10 Å². The van der Waals surface area contributed by atoms with Crippen LogP contribution in [0.25, 0.3) is 0 Å². The van der Waals surface area contributed by atoms with Crippen molar-refractivity contribution in [3.05, 3.63) is 41.9 Å². The highest BCUT2D eigenvalue weighted by molar-refractivity contribution is 5.20. The maximum Gasteiger partial charge on any atom is 0.213 e. The lowest BCUT2D eigenvalue weighted by Crippen LogP contribution is -2.25. The predicted molar refractivity (Wildman–Crippen MR) is 82.5 cm³/mol. The van der Waals surface area contributed by atoms with E-state index < -0.39 is 0 Å². The van der Waals surface area contributed by atoms with Gasteiger partial charge in [-0.3, -0.25) is 4.68 Å². The minimum absolute atomic E-state index is 0.131. The molecule has 0 amide bonds. The molecule has 0 radical (unpaired) electrons. The molecule has 0 bridgehead atoms. The molecule has 118 valence electrons. The highest BCUT2D eigenvalue weighted by Gasteiger charge is 2.31. The van der Waals surface area contributed by atoms with E-state index in [1.165, 1.54) is 5.56 Å². The first-order valence-electron chi connectivity index (χ1n) is 7.57. The molecule has 0 spiro atoms. The highest BCUT2D eigenvalue weighted by atomic mass is 16.5. The van der Waals surface area contributed by atoms with Gasteiger partial charge in [0.25, 0.3) is 0 Å². The van der Waals surface area contributed by atoms with E-state index in [1.54, 1.807) is 13.3 Å². The third-order valence-electron chi connectivity index (χ3n) is 4.11. The number of methoxy groups -OCH3 is 1. The van der Waals surface area contributed by atoms with Gasteiger partial charge < -0.3 is 14.8 Å². The minimum atomic E-state index is 0.131. The molecule has 0 aliphatic carbocycles. The van der Waals surface area contributed by atoms with Crippen molar-refractivity contribution in [2.45, 2.75) is 19.1 Å². The second-order valence-electron chi connectivity index (χ2n) is 5.56. The van der Waals surface area contributed by atoms with Gasteiger partial charge in [0.1, 0.15) is 6.10 Å². The second-order valence-corrected chi connectivity index (χ2v) is 5.56. The summed E-state index contributed by atoms with van der Waals surface area (Å²) in [4.78, 5) is 4.12. The van der Waals surface area contributed by atoms with Crippen LogP contribution < -0.4 is 10.1 Å². The average molecular weight is 302 g/mol. The van der Waals surface area contributed by atoms with E-state index in [4.69, 9.17) is 9.47 Å². The van der Waals surface area contributed by atoms with E-state index in [-0.39, 0.29) is 6.10 Å². The molecule has 2 atom stereocenters. The molecule has 1 fully saturated rings. The first-order valence-corrected chi connectivity index (χ1v) is 7.57. The highest BCUT2D eigenvalue weighted by Crippen LogP contribution is 2.33. The normalized spacial score (nSPS) is 21.2. The quantitative estimate of drug-likeness (QED) is 0.880. The fourth-order valence-electron chi connectivity index (χ4n) is 2.91. The van der Waals surface area contributed by atoms with E-state index in [2.05, 4.69) is 15.4 Å². The van der Waals surface area contributed by atoms with Crippen molar-refractivity contribution >= 4 is 0 Å². The maximum atomic E-state index is 5.90. The second kappa shape index (κ2) is 6.89. The smallest absolute Gasteiger partial charge is 0.213 e. The molecule has 1 N–H and O–H groups in total. The first-order chi connectivity index (χ1) is 10.8. The molecule has 3 heterocycles. The lowest BCUT2D eigenvalue weighted by atomic mass is 9.99. The summed E-state index contributed by atoms with van der Waals surface area (Å²) in [5.41, 5.74) is 2.32. The van der Waals surface area contributed by atoms with Gasteiger partial charge in [0, 0.05) is 51.1 Å². The molecule has 6 heteroatoms. The van der Waals surface area contributed by atoms with Crippen LogP contribution in [0.4, 0.5) is 0 Å². The van der Waals surface area contributed by atoms with Gasteiger partial charge in [-0.05, 0) is 24.1 Å². The number of aryl methyl sites for hydroxylation is 1. The van der Waals surface area contributed by atoms with Crippen molar-refractivity contribution < 1.29 is 9.47 Å². The van der Waals surface area contributed by atoms with Gasteiger partial charge in [-0.1, -0.05) is 0 Å². The molecule has 0 saturated carbocycles. The zero-order valence-corrected chi connectivity index (χ0v) is 13.0. The minimum Gasteiger partial charge on any atom is -0.481 e. The third-order valence-corrected chi connectivity index (χ3v) is 4.11. The van der Waals surface area contributed by atoms with Gasteiger partial charge >= 0.3 is 0 Å². The Labute approximate surface area is 130 Å². The van der Waals surface area contributed by atoms with Crippen LogP contribution in [0.3, 0.4) is 0 Å². The van der Waals surface area contributed by atoms with Crippen molar-refractivity contribution in [2.75, 3.05) is 20.3 Å². The zero-order chi connectivity index (χ0) is 15.4. The van der Waals surface area contributed by atoms with Gasteiger partial charge in [0.15, 0.2) is 0 Å². The fraction of sp³-hybridized carbons (Fsp3) is 0.500. The lowest BCUT2D eigenvalue weighted by molar-refractivity contribution is 0.0838. The molecule has 2 aromatic heterocycles. The molecular weight excluding hydrogens is 280 g/mol. The molecule has 0 unspecified atom stereocenters. The summed E-state index contributed by atoms with van der Waals surface area (Å²) in [5, 5.41) is 7.75. The SMILES string of the molecule is COc1cc(CNC[C@@H]2CCO[C@H]2c2ccnn2C)ccn1. The fourth-order valence-corrected chi connectivity index (χ4v) is 2.91. The number of ether oxygens (including phenoxy) is 2. The number of hydrogen-bond donors (Lipinski definition) is 1. The van der Waals surface area contributed by atoms with Crippen LogP contribution in [0.1, 0.15) is 23.8 Å². The molecule has 1 aliphatic heterocycles. The molecule has 1 saturated heterocycles. The van der Waals surface area contributed by atoms with Crippen molar-refractivity contribution in [1.29, 1.82) is 0 Å². The Hall–Kier alpha value is -1.92. The lowest BCUT2D eigenvalue weighted by Gasteiger charge is -2.19. The molecule has 22 heavy (non-hydrogen) atoms. The summed E-state index contributed by atoms with van der Waals surface area (Å²) in [7, 11) is 3.60. The van der Waals surface area contributed by atoms with Gasteiger partial charge in [-0.15, -0.1) is 0 Å². The van der Waals surface area contributed by atoms with E-state index in [0.717, 1.165) is 31.8 Å². The first kappa shape index (κ1) is 15.0. The van der Waals surface area contributed by atoms with Crippen LogP contribution in [0.5, 0.6) is 5.88 Å². The Kier molecular flexibility index (Phi) is 4.70. The number of aromatic nitrogens is 3. The van der Waals surface area contributed by atoms with E-state index in [0.29, 0.717) is 11.8 Å². The van der Waals surface area contributed by atoms with Gasteiger partial charge in [0.2, 0.25) is 5.88 Å². The van der Waals surface area contributed by atoms with Crippen LogP contribution in [0, 0.1) is 5.92 Å². The Morgan fingerprint density at radius 2 is 2.32 bits per heavy atom. The predicted octanol–water partition coefficient (Wildman–Crippen LogP) is 1.69. The van der Waals surface area contributed by atoms with Gasteiger partial charge in [-0.25, -0.2) is 4.98 Å². The van der Waals surface area contributed by atoms with Crippen LogP contribution >= 0.6 is 0 Å². The van der Waals surface area contributed by atoms with Crippen molar-refractivity contribution in [3.63, 3.8) is 0 Å². The van der Waals surface area contributed by atoms with Crippen LogP contribution in [-0.2, 0) is 18.3 Å². The summed E-state index contributed by atoms with van der Waals surface area (Å²) in [5.74, 6) is 1.12. The molecule has 1 aliphatic rings. The topological polar surface area (TPSA) is 61.2 Å². The van der Waals surface area contributed by atoms with E-state index >= 15 is 0 Å². The summed E-state index contributed by atoms with van der Waals surface area (Å²) in [6.45, 7) is 2.53. The molecule has 6 nitrogen and oxygen atoms in total. The number of pyridine rings is 1. The molecular formula is C16H22N4O2. The Balaban J connectivity index is 1.55. The third kappa shape index (κ3) is 3.28. The monoisotopic (exact) mass is 302 g/mol. The zero-order valence-electron chi connectivity index (χ0n) is 13.0. The average Bonchev–Trinajstić information content (AvgIpc) is 3.16. The largest absolute Gasteiger partial charge is 0.481 e. The van der Waals surface area contributed by atoms with E-state index in [9.17, 15) is 0 Å². The van der Waals surface area contributed by atoms with E-state index in [1.807, 2.05) is 36.1 Å². The number of nitrogens with zero attached hydrogens (tertiary/aromatic N) is 3. The Morgan fingerprint density at radius 1 is 1.41 bits per heavy atom. The molecule has 2 aromatic rings. The summed E-state index contributed by atoms with van der Waals surface area (Å²) in [6.07, 6.45) is 4.80. The van der Waals surface area contributed by atoms with Crippen molar-refractivity contribution in [3.8, 4) is 5.88 Å². The maximum absolute atomic E-state index is 5.90. The number of nitrogens with one attached hydrogen (secondary N) is 1. The number of rotatable bonds is 6. The Morgan fingerprint density at radius 3 is 3.09 bits per heavy atom. The van der Waals surface area contributed by atoms with Crippen molar-refractivity contribution in [1.82, 2.24) is 20.1 Å². The summed E-state index contributed by atoms with van der Waals surface area (Å²) >= 11 is 0. The molecule has 0 aromatic carbocycles. The standard InChI is InChI=1S/C16H22N4O2/c1-20-14(4-7-19-20)16-13(5-8-22-16)11-17-10-12-3-6-18-15(9-12)21-2/h3-4,6-7,9,13,16-17H,5,8,10-11H2,1-2H3/t13-,16+/m0/s1. The number of hydrogen-bond acceptors (Lipinski definition) is 5. The van der Waals surface area contributed by atoms with Crippen LogP contribution in [0.15, 0.2) is 30.6 Å². The summed E-state index contributed by atoms with van der Waals surface area (Å²) in [6, 6.07) is 5.99. The van der Waals surface area contributed by atoms with Gasteiger partial charge in [0.05, 0.1) is 12.8 Å². The van der Waals surface area contributed by atoms with Crippen LogP contribution in [0.2, 0.25) is 0 Å². The van der Waals surface area contributed by atoms with Crippen molar-refractivity contribution in [2.24, 2.45) is 13.0 Å². The van der Waals surface area contributed by atoms with Crippen LogP contribution in [-0.4, -0.2) is 35.0 Å². The summed E-state index contributed by atoms with van der Waals surface area (Å²) < 4.78 is 12.9. The molecule has 3 rings (SSSR count). The Bertz CT molecular complexity index is 614.